The molecule has 0 N–H and O–H groups in total. The van der Waals surface area contributed by atoms with Gasteiger partial charge in [0.2, 0.25) is 0 Å². The molecule has 26 heavy (non-hydrogen) atoms. The van der Waals surface area contributed by atoms with Crippen molar-refractivity contribution >= 4 is 11.9 Å². The fraction of sp³-hybridized carbons (Fsp3) is 0.333. The van der Waals surface area contributed by atoms with Crippen molar-refractivity contribution in [2.24, 2.45) is 5.92 Å². The van der Waals surface area contributed by atoms with Crippen molar-refractivity contribution < 1.29 is 19.1 Å². The van der Waals surface area contributed by atoms with Crippen LogP contribution in [-0.4, -0.2) is 43.6 Å². The second kappa shape index (κ2) is 10.2. The molecule has 0 spiro atoms. The van der Waals surface area contributed by atoms with E-state index in [4.69, 9.17) is 9.47 Å². The molecule has 2 rings (SSSR count). The zero-order chi connectivity index (χ0) is 18.8. The van der Waals surface area contributed by atoms with Gasteiger partial charge in [-0.15, -0.1) is 0 Å². The maximum absolute atomic E-state index is 12.6. The minimum absolute atomic E-state index is 0.0628. The first-order valence-electron chi connectivity index (χ1n) is 8.67. The molecule has 0 saturated carbocycles. The molecule has 5 nitrogen and oxygen atoms in total. The molecule has 0 heterocycles. The van der Waals surface area contributed by atoms with Crippen LogP contribution in [0.2, 0.25) is 0 Å². The molecule has 138 valence electrons. The average molecular weight is 355 g/mol. The van der Waals surface area contributed by atoms with E-state index in [1.165, 1.54) is 7.11 Å². The standard InChI is InChI=1S/C21H25NO4/c1-17(21(24)25-2)15-22(14-13-18-9-5-3-6-10-18)20(23)16-26-19-11-7-4-8-12-19/h3-12,17H,13-16H2,1-2H3. The largest absolute Gasteiger partial charge is 0.484 e. The number of nitrogens with zero attached hydrogens (tertiary/aromatic N) is 1. The van der Waals surface area contributed by atoms with Gasteiger partial charge in [-0.1, -0.05) is 55.5 Å². The van der Waals surface area contributed by atoms with Crippen molar-refractivity contribution in [3.05, 3.63) is 66.2 Å². The summed E-state index contributed by atoms with van der Waals surface area (Å²) in [6.07, 6.45) is 0.714. The van der Waals surface area contributed by atoms with Gasteiger partial charge < -0.3 is 14.4 Å². The Bertz CT molecular complexity index is 688. The van der Waals surface area contributed by atoms with Crippen LogP contribution >= 0.6 is 0 Å². The van der Waals surface area contributed by atoms with E-state index in [-0.39, 0.29) is 18.5 Å². The molecular formula is C21H25NO4. The number of hydrogen-bond acceptors (Lipinski definition) is 4. The number of methoxy groups -OCH3 is 1. The van der Waals surface area contributed by atoms with Gasteiger partial charge in [0.1, 0.15) is 5.75 Å². The fourth-order valence-corrected chi connectivity index (χ4v) is 2.59. The van der Waals surface area contributed by atoms with Crippen LogP contribution in [0.3, 0.4) is 0 Å². The van der Waals surface area contributed by atoms with Gasteiger partial charge in [-0.2, -0.15) is 0 Å². The normalized spacial score (nSPS) is 11.5. The van der Waals surface area contributed by atoms with Gasteiger partial charge in [-0.05, 0) is 24.1 Å². The van der Waals surface area contributed by atoms with Crippen LogP contribution in [0, 0.1) is 5.92 Å². The Kier molecular flexibility index (Phi) is 7.68. The molecule has 0 aliphatic heterocycles. The molecule has 1 unspecified atom stereocenters. The number of carbonyl (C=O) groups excluding carboxylic acids is 2. The van der Waals surface area contributed by atoms with Crippen molar-refractivity contribution in [1.82, 2.24) is 4.90 Å². The quantitative estimate of drug-likeness (QED) is 0.649. The molecule has 0 saturated heterocycles. The van der Waals surface area contributed by atoms with Gasteiger partial charge in [0.15, 0.2) is 6.61 Å². The van der Waals surface area contributed by atoms with Crippen molar-refractivity contribution in [2.75, 3.05) is 26.8 Å². The first-order valence-corrected chi connectivity index (χ1v) is 8.67. The van der Waals surface area contributed by atoms with E-state index in [9.17, 15) is 9.59 Å². The highest BCUT2D eigenvalue weighted by atomic mass is 16.5. The van der Waals surface area contributed by atoms with Crippen molar-refractivity contribution in [3.63, 3.8) is 0 Å². The zero-order valence-electron chi connectivity index (χ0n) is 15.3. The zero-order valence-corrected chi connectivity index (χ0v) is 15.3. The minimum Gasteiger partial charge on any atom is -0.484 e. The van der Waals surface area contributed by atoms with E-state index in [2.05, 4.69) is 0 Å². The lowest BCUT2D eigenvalue weighted by atomic mass is 10.1. The van der Waals surface area contributed by atoms with E-state index in [1.807, 2.05) is 48.5 Å². The van der Waals surface area contributed by atoms with Crippen LogP contribution in [0.15, 0.2) is 60.7 Å². The number of rotatable bonds is 9. The molecule has 2 aromatic rings. The van der Waals surface area contributed by atoms with Crippen LogP contribution in [0.1, 0.15) is 12.5 Å². The number of amides is 1. The predicted molar refractivity (Wildman–Crippen MR) is 99.8 cm³/mol. The SMILES string of the molecule is COC(=O)C(C)CN(CCc1ccccc1)C(=O)COc1ccccc1. The number of para-hydroxylation sites is 1. The molecule has 1 atom stereocenters. The maximum Gasteiger partial charge on any atom is 0.310 e. The molecular weight excluding hydrogens is 330 g/mol. The summed E-state index contributed by atoms with van der Waals surface area (Å²) in [4.78, 5) is 26.0. The summed E-state index contributed by atoms with van der Waals surface area (Å²) in [5.41, 5.74) is 1.14. The molecule has 0 bridgehead atoms. The number of benzene rings is 2. The Balaban J connectivity index is 1.98. The van der Waals surface area contributed by atoms with E-state index < -0.39 is 5.92 Å². The smallest absolute Gasteiger partial charge is 0.310 e. The third kappa shape index (κ3) is 6.24. The first kappa shape index (κ1) is 19.5. The van der Waals surface area contributed by atoms with Crippen molar-refractivity contribution in [3.8, 4) is 5.75 Å². The van der Waals surface area contributed by atoms with Crippen LogP contribution in [0.25, 0.3) is 0 Å². The Morgan fingerprint density at radius 2 is 1.62 bits per heavy atom. The van der Waals surface area contributed by atoms with Crippen molar-refractivity contribution in [2.45, 2.75) is 13.3 Å². The number of esters is 1. The average Bonchev–Trinajstić information content (AvgIpc) is 2.70. The molecule has 0 fully saturated rings. The monoisotopic (exact) mass is 355 g/mol. The summed E-state index contributed by atoms with van der Waals surface area (Å²) in [5, 5.41) is 0. The van der Waals surface area contributed by atoms with Crippen LogP contribution in [0.4, 0.5) is 0 Å². The third-order valence-electron chi connectivity index (χ3n) is 4.07. The Hall–Kier alpha value is -2.82. The second-order valence-corrected chi connectivity index (χ2v) is 6.10. The van der Waals surface area contributed by atoms with E-state index >= 15 is 0 Å². The van der Waals surface area contributed by atoms with E-state index in [1.54, 1.807) is 24.0 Å². The molecule has 2 aromatic carbocycles. The molecule has 0 aliphatic rings. The first-order chi connectivity index (χ1) is 12.6. The summed E-state index contributed by atoms with van der Waals surface area (Å²) < 4.78 is 10.3. The highest BCUT2D eigenvalue weighted by molar-refractivity contribution is 5.79. The summed E-state index contributed by atoms with van der Waals surface area (Å²) in [6, 6.07) is 19.1. The molecule has 0 aromatic heterocycles. The number of ether oxygens (including phenoxy) is 2. The number of carbonyl (C=O) groups is 2. The fourth-order valence-electron chi connectivity index (χ4n) is 2.59. The van der Waals surface area contributed by atoms with Gasteiger partial charge in [0.05, 0.1) is 13.0 Å². The van der Waals surface area contributed by atoms with Gasteiger partial charge in [0.25, 0.3) is 5.91 Å². The summed E-state index contributed by atoms with van der Waals surface area (Å²) in [7, 11) is 1.35. The van der Waals surface area contributed by atoms with Crippen LogP contribution in [0.5, 0.6) is 5.75 Å². The van der Waals surface area contributed by atoms with E-state index in [0.717, 1.165) is 5.56 Å². The molecule has 0 radical (unpaired) electrons. The highest BCUT2D eigenvalue weighted by Gasteiger charge is 2.21. The van der Waals surface area contributed by atoms with Gasteiger partial charge in [-0.3, -0.25) is 9.59 Å². The highest BCUT2D eigenvalue weighted by Crippen LogP contribution is 2.10. The third-order valence-corrected chi connectivity index (χ3v) is 4.07. The lowest BCUT2D eigenvalue weighted by molar-refractivity contribution is -0.146. The van der Waals surface area contributed by atoms with Crippen molar-refractivity contribution in [1.29, 1.82) is 0 Å². The summed E-state index contributed by atoms with van der Waals surface area (Å²) >= 11 is 0. The van der Waals surface area contributed by atoms with Gasteiger partial charge in [0, 0.05) is 13.1 Å². The molecule has 5 heteroatoms. The minimum atomic E-state index is -0.392. The molecule has 0 aliphatic carbocycles. The predicted octanol–water partition coefficient (Wildman–Crippen LogP) is 2.95. The summed E-state index contributed by atoms with van der Waals surface area (Å²) in [5.74, 6) is -0.228. The summed E-state index contributed by atoms with van der Waals surface area (Å²) in [6.45, 7) is 2.51. The topological polar surface area (TPSA) is 55.8 Å². The lowest BCUT2D eigenvalue weighted by Crippen LogP contribution is -2.41. The number of hydrogen-bond donors (Lipinski definition) is 0. The Labute approximate surface area is 154 Å². The van der Waals surface area contributed by atoms with Gasteiger partial charge >= 0.3 is 5.97 Å². The molecule has 1 amide bonds. The van der Waals surface area contributed by atoms with Gasteiger partial charge in [-0.25, -0.2) is 0 Å². The van der Waals surface area contributed by atoms with E-state index in [0.29, 0.717) is 25.3 Å². The second-order valence-electron chi connectivity index (χ2n) is 6.10. The Morgan fingerprint density at radius 3 is 2.23 bits per heavy atom. The van der Waals surface area contributed by atoms with Crippen LogP contribution in [-0.2, 0) is 20.7 Å². The Morgan fingerprint density at radius 1 is 1.00 bits per heavy atom. The lowest BCUT2D eigenvalue weighted by Gasteiger charge is -2.25. The van der Waals surface area contributed by atoms with Crippen LogP contribution < -0.4 is 4.74 Å². The maximum atomic E-state index is 12.6.